The molecule has 3 rings (SSSR count). The fourth-order valence-electron chi connectivity index (χ4n) is 2.96. The number of hydrogen-bond acceptors (Lipinski definition) is 6. The Balaban J connectivity index is 1.73. The molecule has 0 aromatic heterocycles. The van der Waals surface area contributed by atoms with Crippen molar-refractivity contribution >= 4 is 28.5 Å². The minimum Gasteiger partial charge on any atom is -0.489 e. The van der Waals surface area contributed by atoms with E-state index < -0.39 is 45.9 Å². The van der Waals surface area contributed by atoms with Gasteiger partial charge >= 0.3 is 7.12 Å². The van der Waals surface area contributed by atoms with Gasteiger partial charge in [0.25, 0.3) is 5.91 Å². The van der Waals surface area contributed by atoms with Gasteiger partial charge in [-0.05, 0) is 58.0 Å². The minimum absolute atomic E-state index is 0.127. The summed E-state index contributed by atoms with van der Waals surface area (Å²) in [5.41, 5.74) is -1.15. The number of halogens is 2. The van der Waals surface area contributed by atoms with E-state index in [1.807, 2.05) is 27.7 Å². The van der Waals surface area contributed by atoms with Crippen LogP contribution in [0.2, 0.25) is 0 Å². The molecule has 32 heavy (non-hydrogen) atoms. The van der Waals surface area contributed by atoms with Gasteiger partial charge in [-0.25, -0.2) is 21.9 Å². The first-order valence-corrected chi connectivity index (χ1v) is 11.7. The van der Waals surface area contributed by atoms with Crippen molar-refractivity contribution in [2.75, 3.05) is 6.26 Å². The van der Waals surface area contributed by atoms with Gasteiger partial charge in [0, 0.05) is 16.6 Å². The van der Waals surface area contributed by atoms with Crippen LogP contribution in [0.5, 0.6) is 5.75 Å². The second-order valence-corrected chi connectivity index (χ2v) is 10.3. The molecule has 0 aliphatic carbocycles. The Morgan fingerprint density at radius 1 is 1.03 bits per heavy atom. The zero-order chi connectivity index (χ0) is 23.9. The van der Waals surface area contributed by atoms with Crippen LogP contribution in [0, 0.1) is 11.6 Å². The second kappa shape index (κ2) is 8.45. The predicted octanol–water partition coefficient (Wildman–Crippen LogP) is 2.53. The lowest BCUT2D eigenvalue weighted by molar-refractivity contribution is 0.00578. The summed E-state index contributed by atoms with van der Waals surface area (Å²) in [6.07, 6.45) is 0.823. The number of sulfonamides is 1. The fraction of sp³-hybridized carbons (Fsp3) is 0.381. The molecule has 1 amide bonds. The van der Waals surface area contributed by atoms with Gasteiger partial charge in [0.15, 0.2) is 0 Å². The summed E-state index contributed by atoms with van der Waals surface area (Å²) in [5.74, 6) is -1.94. The molecule has 0 unspecified atom stereocenters. The molecule has 1 saturated heterocycles. The van der Waals surface area contributed by atoms with E-state index in [1.165, 1.54) is 30.3 Å². The lowest BCUT2D eigenvalue weighted by atomic mass is 9.78. The van der Waals surface area contributed by atoms with Crippen LogP contribution in [0.15, 0.2) is 36.4 Å². The van der Waals surface area contributed by atoms with E-state index in [4.69, 9.17) is 14.0 Å². The molecule has 0 atom stereocenters. The van der Waals surface area contributed by atoms with Gasteiger partial charge in [-0.15, -0.1) is 0 Å². The number of rotatable bonds is 6. The molecule has 1 aliphatic rings. The quantitative estimate of drug-likeness (QED) is 0.657. The molecule has 11 heteroatoms. The fourth-order valence-corrected chi connectivity index (χ4v) is 3.41. The van der Waals surface area contributed by atoms with Gasteiger partial charge in [0.2, 0.25) is 10.0 Å². The number of carbonyl (C=O) groups excluding carboxylic acids is 1. The molecule has 0 bridgehead atoms. The Labute approximate surface area is 186 Å². The molecular formula is C21H24BF2NO6S. The van der Waals surface area contributed by atoms with Crippen LogP contribution >= 0.6 is 0 Å². The van der Waals surface area contributed by atoms with Crippen LogP contribution < -0.4 is 14.9 Å². The topological polar surface area (TPSA) is 90.9 Å². The zero-order valence-corrected chi connectivity index (χ0v) is 19.2. The lowest BCUT2D eigenvalue weighted by Gasteiger charge is -2.32. The monoisotopic (exact) mass is 467 g/mol. The van der Waals surface area contributed by atoms with Crippen LogP contribution in [0.25, 0.3) is 0 Å². The van der Waals surface area contributed by atoms with Crippen molar-refractivity contribution in [1.29, 1.82) is 0 Å². The number of ether oxygens (including phenoxy) is 1. The SMILES string of the molecule is CC1(C)OB(c2cc(OCc3ccc(C(=O)NS(C)(=O)=O)cc3F)ccc2F)OC1(C)C. The molecule has 2 aromatic carbocycles. The third-order valence-corrected chi connectivity index (χ3v) is 6.02. The summed E-state index contributed by atoms with van der Waals surface area (Å²) in [7, 11) is -4.69. The van der Waals surface area contributed by atoms with E-state index in [-0.39, 0.29) is 28.9 Å². The summed E-state index contributed by atoms with van der Waals surface area (Å²) in [5, 5.41) is 0. The Bertz CT molecular complexity index is 1140. The Morgan fingerprint density at radius 2 is 1.66 bits per heavy atom. The Kier molecular flexibility index (Phi) is 6.38. The summed E-state index contributed by atoms with van der Waals surface area (Å²) >= 11 is 0. The van der Waals surface area contributed by atoms with Crippen molar-refractivity contribution in [3.8, 4) is 5.75 Å². The average Bonchev–Trinajstić information content (AvgIpc) is 2.87. The summed E-state index contributed by atoms with van der Waals surface area (Å²) in [4.78, 5) is 11.8. The second-order valence-electron chi connectivity index (χ2n) is 8.57. The van der Waals surface area contributed by atoms with E-state index in [0.29, 0.717) is 0 Å². The largest absolute Gasteiger partial charge is 0.497 e. The van der Waals surface area contributed by atoms with Crippen molar-refractivity contribution < 1.29 is 36.0 Å². The number of amides is 1. The standard InChI is InChI=1S/C21H24BF2NO6S/c1-20(2)21(3,4)31-22(30-20)16-11-15(8-9-17(16)23)29-12-14-7-6-13(10-18(14)24)19(26)25-32(5,27)28/h6-11H,12H2,1-5H3,(H,25,26). The van der Waals surface area contributed by atoms with Gasteiger partial charge in [0.05, 0.1) is 17.5 Å². The maximum absolute atomic E-state index is 14.4. The summed E-state index contributed by atoms with van der Waals surface area (Å²) in [6.45, 7) is 7.22. The van der Waals surface area contributed by atoms with Crippen molar-refractivity contribution in [2.45, 2.75) is 45.5 Å². The predicted molar refractivity (Wildman–Crippen MR) is 115 cm³/mol. The number of hydrogen-bond donors (Lipinski definition) is 1. The van der Waals surface area contributed by atoms with E-state index in [9.17, 15) is 22.0 Å². The van der Waals surface area contributed by atoms with Crippen LogP contribution in [-0.4, -0.2) is 38.9 Å². The van der Waals surface area contributed by atoms with E-state index >= 15 is 0 Å². The highest BCUT2D eigenvalue weighted by molar-refractivity contribution is 7.89. The maximum Gasteiger partial charge on any atom is 0.497 e. The maximum atomic E-state index is 14.4. The van der Waals surface area contributed by atoms with Crippen molar-refractivity contribution in [1.82, 2.24) is 4.72 Å². The van der Waals surface area contributed by atoms with Crippen LogP contribution in [0.1, 0.15) is 43.6 Å². The van der Waals surface area contributed by atoms with Crippen molar-refractivity contribution in [3.63, 3.8) is 0 Å². The highest BCUT2D eigenvalue weighted by Crippen LogP contribution is 2.36. The minimum atomic E-state index is -3.77. The molecule has 172 valence electrons. The molecule has 1 heterocycles. The molecule has 0 radical (unpaired) electrons. The van der Waals surface area contributed by atoms with Crippen LogP contribution in [0.3, 0.4) is 0 Å². The molecule has 7 nitrogen and oxygen atoms in total. The first kappa shape index (κ1) is 24.2. The number of carbonyl (C=O) groups is 1. The van der Waals surface area contributed by atoms with E-state index in [2.05, 4.69) is 0 Å². The molecule has 2 aromatic rings. The van der Waals surface area contributed by atoms with Gasteiger partial charge in [0.1, 0.15) is 24.0 Å². The van der Waals surface area contributed by atoms with Gasteiger partial charge in [-0.2, -0.15) is 0 Å². The van der Waals surface area contributed by atoms with Gasteiger partial charge in [-0.3, -0.25) is 4.79 Å². The highest BCUT2D eigenvalue weighted by atomic mass is 32.2. The normalized spacial score (nSPS) is 17.3. The molecule has 1 fully saturated rings. The molecular weight excluding hydrogens is 443 g/mol. The Morgan fingerprint density at radius 3 is 2.22 bits per heavy atom. The number of nitrogens with one attached hydrogen (secondary N) is 1. The zero-order valence-electron chi connectivity index (χ0n) is 18.4. The van der Waals surface area contributed by atoms with Crippen molar-refractivity contribution in [2.24, 2.45) is 0 Å². The molecule has 1 aliphatic heterocycles. The van der Waals surface area contributed by atoms with E-state index in [0.717, 1.165) is 12.3 Å². The van der Waals surface area contributed by atoms with Gasteiger partial charge < -0.3 is 14.0 Å². The van der Waals surface area contributed by atoms with Crippen LogP contribution in [-0.2, 0) is 25.9 Å². The van der Waals surface area contributed by atoms with E-state index in [1.54, 1.807) is 4.72 Å². The Hall–Kier alpha value is -2.50. The molecule has 0 saturated carbocycles. The first-order valence-electron chi connectivity index (χ1n) is 9.77. The van der Waals surface area contributed by atoms with Crippen LogP contribution in [0.4, 0.5) is 8.78 Å². The molecule has 1 N–H and O–H groups in total. The molecule has 0 spiro atoms. The summed E-state index contributed by atoms with van der Waals surface area (Å²) in [6, 6.07) is 7.55. The summed E-state index contributed by atoms with van der Waals surface area (Å²) < 4.78 is 70.3. The van der Waals surface area contributed by atoms with Gasteiger partial charge in [-0.1, -0.05) is 6.07 Å². The smallest absolute Gasteiger partial charge is 0.489 e. The third kappa shape index (κ3) is 5.28. The first-order chi connectivity index (χ1) is 14.7. The third-order valence-electron chi connectivity index (χ3n) is 5.46. The lowest BCUT2D eigenvalue weighted by Crippen LogP contribution is -2.41. The average molecular weight is 467 g/mol. The highest BCUT2D eigenvalue weighted by Gasteiger charge is 2.52. The van der Waals surface area contributed by atoms with Crippen molar-refractivity contribution in [3.05, 3.63) is 59.2 Å². The number of benzene rings is 2.